The maximum Gasteiger partial charge on any atom is 0.326 e. The van der Waals surface area contributed by atoms with E-state index in [2.05, 4.69) is 0 Å². The van der Waals surface area contributed by atoms with E-state index in [1.165, 1.54) is 4.90 Å². The van der Waals surface area contributed by atoms with Crippen LogP contribution in [0.2, 0.25) is 0 Å². The Hall–Kier alpha value is -2.58. The first-order chi connectivity index (χ1) is 13.8. The first-order valence-electron chi connectivity index (χ1n) is 9.04. The zero-order chi connectivity index (χ0) is 21.1. The molecule has 29 heavy (non-hydrogen) atoms. The number of nitrogens with zero attached hydrogens (tertiary/aromatic N) is 1. The van der Waals surface area contributed by atoms with Gasteiger partial charge in [0, 0.05) is 11.6 Å². The number of carboxylic acid groups (broad SMARTS) is 1. The molecule has 152 valence electrons. The standard InChI is InChI=1S/C21H21NO5S2/c1-12(2)10-16(20(24)25)22-19(23)18(29-21(22)28)11-15-8-9-17(27-15)13-4-6-14(26-3)7-5-13/h4-9,11-12,16H,10H2,1-3H3,(H,24,25)/b18-11+. The van der Waals surface area contributed by atoms with E-state index in [-0.39, 0.29) is 10.2 Å². The van der Waals surface area contributed by atoms with Gasteiger partial charge in [0.1, 0.15) is 27.6 Å². The van der Waals surface area contributed by atoms with E-state index in [0.717, 1.165) is 23.1 Å². The molecule has 1 saturated heterocycles. The number of carbonyl (C=O) groups is 2. The van der Waals surface area contributed by atoms with Crippen molar-refractivity contribution < 1.29 is 23.8 Å². The zero-order valence-electron chi connectivity index (χ0n) is 16.2. The van der Waals surface area contributed by atoms with Gasteiger partial charge in [-0.25, -0.2) is 4.79 Å². The van der Waals surface area contributed by atoms with E-state index in [9.17, 15) is 14.7 Å². The van der Waals surface area contributed by atoms with Gasteiger partial charge in [-0.05, 0) is 48.7 Å². The van der Waals surface area contributed by atoms with Gasteiger partial charge in [-0.3, -0.25) is 9.69 Å². The van der Waals surface area contributed by atoms with Gasteiger partial charge in [-0.1, -0.05) is 37.8 Å². The van der Waals surface area contributed by atoms with Crippen molar-refractivity contribution in [3.05, 3.63) is 47.1 Å². The average molecular weight is 432 g/mol. The molecule has 1 fully saturated rings. The Morgan fingerprint density at radius 3 is 2.55 bits per heavy atom. The molecule has 1 aliphatic heterocycles. The number of thioether (sulfide) groups is 1. The van der Waals surface area contributed by atoms with Crippen molar-refractivity contribution in [3.8, 4) is 17.1 Å². The van der Waals surface area contributed by atoms with Crippen LogP contribution in [0, 0.1) is 5.92 Å². The van der Waals surface area contributed by atoms with Crippen LogP contribution in [-0.2, 0) is 9.59 Å². The summed E-state index contributed by atoms with van der Waals surface area (Å²) in [5, 5.41) is 9.55. The first-order valence-corrected chi connectivity index (χ1v) is 10.3. The van der Waals surface area contributed by atoms with Crippen molar-refractivity contribution in [2.24, 2.45) is 5.92 Å². The number of hydrogen-bond donors (Lipinski definition) is 1. The van der Waals surface area contributed by atoms with Gasteiger partial charge in [0.05, 0.1) is 12.0 Å². The molecule has 0 spiro atoms. The lowest BCUT2D eigenvalue weighted by Gasteiger charge is -2.24. The number of carbonyl (C=O) groups excluding carboxylic acids is 1. The second kappa shape index (κ2) is 8.84. The van der Waals surface area contributed by atoms with Gasteiger partial charge < -0.3 is 14.3 Å². The van der Waals surface area contributed by atoms with Gasteiger partial charge in [0.25, 0.3) is 5.91 Å². The third-order valence-corrected chi connectivity index (χ3v) is 5.72. The van der Waals surface area contributed by atoms with Crippen molar-refractivity contribution in [3.63, 3.8) is 0 Å². The Bertz CT molecular complexity index is 962. The molecule has 8 heteroatoms. The summed E-state index contributed by atoms with van der Waals surface area (Å²) < 4.78 is 11.2. The lowest BCUT2D eigenvalue weighted by atomic mass is 10.0. The predicted molar refractivity (Wildman–Crippen MR) is 117 cm³/mol. The van der Waals surface area contributed by atoms with Crippen molar-refractivity contribution in [1.82, 2.24) is 4.90 Å². The number of hydrogen-bond acceptors (Lipinski definition) is 6. The van der Waals surface area contributed by atoms with E-state index >= 15 is 0 Å². The highest BCUT2D eigenvalue weighted by Crippen LogP contribution is 2.36. The van der Waals surface area contributed by atoms with Crippen molar-refractivity contribution in [1.29, 1.82) is 0 Å². The first kappa shape index (κ1) is 21.1. The molecule has 2 aromatic rings. The predicted octanol–water partition coefficient (Wildman–Crippen LogP) is 4.66. The fraction of sp³-hybridized carbons (Fsp3) is 0.286. The molecule has 1 amide bonds. The summed E-state index contributed by atoms with van der Waals surface area (Å²) in [5.74, 6) is 0.539. The highest BCUT2D eigenvalue weighted by atomic mass is 32.2. The molecular formula is C21H21NO5S2. The Labute approximate surface area is 178 Å². The Morgan fingerprint density at radius 1 is 1.28 bits per heavy atom. The molecule has 1 N–H and O–H groups in total. The average Bonchev–Trinajstić information content (AvgIpc) is 3.25. The molecule has 1 aliphatic rings. The summed E-state index contributed by atoms with van der Waals surface area (Å²) in [6, 6.07) is 10.0. The summed E-state index contributed by atoms with van der Waals surface area (Å²) in [6.45, 7) is 3.82. The summed E-state index contributed by atoms with van der Waals surface area (Å²) >= 11 is 6.37. The lowest BCUT2D eigenvalue weighted by Crippen LogP contribution is -2.44. The second-order valence-corrected chi connectivity index (χ2v) is 8.64. The number of amides is 1. The van der Waals surface area contributed by atoms with Crippen LogP contribution in [0.3, 0.4) is 0 Å². The molecule has 2 heterocycles. The normalized spacial score (nSPS) is 16.7. The molecular weight excluding hydrogens is 410 g/mol. The number of rotatable bonds is 7. The van der Waals surface area contributed by atoms with Crippen LogP contribution in [0.4, 0.5) is 0 Å². The number of furan rings is 1. The van der Waals surface area contributed by atoms with Crippen LogP contribution in [-0.4, -0.2) is 39.4 Å². The van der Waals surface area contributed by atoms with Crippen molar-refractivity contribution >= 4 is 46.3 Å². The number of ether oxygens (including phenoxy) is 1. The van der Waals surface area contributed by atoms with Crippen molar-refractivity contribution in [2.75, 3.05) is 7.11 Å². The van der Waals surface area contributed by atoms with Gasteiger partial charge in [-0.15, -0.1) is 0 Å². The molecule has 1 atom stereocenters. The molecule has 1 aromatic carbocycles. The summed E-state index contributed by atoms with van der Waals surface area (Å²) in [4.78, 5) is 26.0. The highest BCUT2D eigenvalue weighted by molar-refractivity contribution is 8.26. The van der Waals surface area contributed by atoms with Crippen LogP contribution >= 0.6 is 24.0 Å². The monoisotopic (exact) mass is 431 g/mol. The summed E-state index contributed by atoms with van der Waals surface area (Å²) in [6.07, 6.45) is 1.93. The molecule has 0 radical (unpaired) electrons. The van der Waals surface area contributed by atoms with E-state index in [1.54, 1.807) is 19.3 Å². The van der Waals surface area contributed by atoms with Crippen LogP contribution in [0.15, 0.2) is 45.7 Å². The molecule has 1 unspecified atom stereocenters. The topological polar surface area (TPSA) is 80.0 Å². The van der Waals surface area contributed by atoms with Gasteiger partial charge >= 0.3 is 5.97 Å². The fourth-order valence-electron chi connectivity index (χ4n) is 2.98. The molecule has 6 nitrogen and oxygen atoms in total. The lowest BCUT2D eigenvalue weighted by molar-refractivity contribution is -0.145. The van der Waals surface area contributed by atoms with E-state index in [1.807, 2.05) is 44.2 Å². The third kappa shape index (κ3) is 4.71. The molecule has 0 saturated carbocycles. The Balaban J connectivity index is 1.82. The quantitative estimate of drug-likeness (QED) is 0.505. The van der Waals surface area contributed by atoms with Crippen LogP contribution in [0.1, 0.15) is 26.0 Å². The molecule has 3 rings (SSSR count). The van der Waals surface area contributed by atoms with E-state index < -0.39 is 17.9 Å². The van der Waals surface area contributed by atoms with Gasteiger partial charge in [-0.2, -0.15) is 0 Å². The summed E-state index contributed by atoms with van der Waals surface area (Å²) in [7, 11) is 1.60. The molecule has 0 bridgehead atoms. The zero-order valence-corrected chi connectivity index (χ0v) is 17.9. The number of methoxy groups -OCH3 is 1. The van der Waals surface area contributed by atoms with Crippen molar-refractivity contribution in [2.45, 2.75) is 26.3 Å². The fourth-order valence-corrected chi connectivity index (χ4v) is 4.32. The summed E-state index contributed by atoms with van der Waals surface area (Å²) in [5.41, 5.74) is 0.876. The van der Waals surface area contributed by atoms with Crippen LogP contribution in [0.5, 0.6) is 5.75 Å². The largest absolute Gasteiger partial charge is 0.497 e. The number of aliphatic carboxylic acids is 1. The van der Waals surface area contributed by atoms with Gasteiger partial charge in [0.2, 0.25) is 0 Å². The highest BCUT2D eigenvalue weighted by Gasteiger charge is 2.40. The molecule has 1 aromatic heterocycles. The number of carboxylic acids is 1. The molecule has 0 aliphatic carbocycles. The van der Waals surface area contributed by atoms with Crippen LogP contribution in [0.25, 0.3) is 17.4 Å². The second-order valence-electron chi connectivity index (χ2n) is 6.97. The van der Waals surface area contributed by atoms with Crippen LogP contribution < -0.4 is 4.74 Å². The maximum absolute atomic E-state index is 12.8. The Kier molecular flexibility index (Phi) is 6.44. The SMILES string of the molecule is COc1ccc(-c2ccc(/C=C3/SC(=S)N(C(CC(C)C)C(=O)O)C3=O)o2)cc1. The van der Waals surface area contributed by atoms with E-state index in [4.69, 9.17) is 21.4 Å². The minimum Gasteiger partial charge on any atom is -0.497 e. The number of thiocarbonyl (C=S) groups is 1. The number of benzene rings is 1. The Morgan fingerprint density at radius 2 is 1.97 bits per heavy atom. The smallest absolute Gasteiger partial charge is 0.326 e. The third-order valence-electron chi connectivity index (χ3n) is 4.39. The minimum absolute atomic E-state index is 0.113. The van der Waals surface area contributed by atoms with Gasteiger partial charge in [0.15, 0.2) is 0 Å². The minimum atomic E-state index is -1.06. The van der Waals surface area contributed by atoms with E-state index in [0.29, 0.717) is 22.8 Å². The maximum atomic E-state index is 12.8.